The highest BCUT2D eigenvalue weighted by molar-refractivity contribution is 5.80. The van der Waals surface area contributed by atoms with Crippen molar-refractivity contribution >= 4 is 5.96 Å². The zero-order valence-corrected chi connectivity index (χ0v) is 16.5. The van der Waals surface area contributed by atoms with Gasteiger partial charge in [-0.25, -0.2) is 4.99 Å². The van der Waals surface area contributed by atoms with Gasteiger partial charge in [0.25, 0.3) is 0 Å². The third-order valence-electron chi connectivity index (χ3n) is 4.46. The van der Waals surface area contributed by atoms with Gasteiger partial charge < -0.3 is 20.1 Å². The summed E-state index contributed by atoms with van der Waals surface area (Å²) >= 11 is 0. The second kappa shape index (κ2) is 9.80. The topological polar surface area (TPSA) is 65.7 Å². The van der Waals surface area contributed by atoms with Crippen molar-refractivity contribution in [3.63, 3.8) is 0 Å². The number of nitrogens with one attached hydrogen (secondary N) is 2. The normalized spacial score (nSPS) is 17.5. The molecule has 1 saturated heterocycles. The van der Waals surface area contributed by atoms with Crippen LogP contribution in [-0.4, -0.2) is 48.2 Å². The lowest BCUT2D eigenvalue weighted by Gasteiger charge is -2.33. The van der Waals surface area contributed by atoms with E-state index in [1.165, 1.54) is 6.54 Å². The Labute approximate surface area is 152 Å². The molecule has 1 aromatic heterocycles. The molecule has 2 rings (SSSR count). The lowest BCUT2D eigenvalue weighted by Crippen LogP contribution is -2.49. The molecular formula is C19H35N5O. The number of aromatic nitrogens is 1. The number of rotatable bonds is 7. The van der Waals surface area contributed by atoms with Crippen molar-refractivity contribution in [3.05, 3.63) is 17.5 Å². The van der Waals surface area contributed by atoms with Gasteiger partial charge in [-0.2, -0.15) is 0 Å². The van der Waals surface area contributed by atoms with E-state index >= 15 is 0 Å². The molecule has 0 amide bonds. The summed E-state index contributed by atoms with van der Waals surface area (Å²) in [6, 6.07) is 2.49. The Morgan fingerprint density at radius 2 is 2.04 bits per heavy atom. The molecule has 0 bridgehead atoms. The van der Waals surface area contributed by atoms with E-state index in [2.05, 4.69) is 60.3 Å². The molecule has 1 aliphatic heterocycles. The molecule has 0 spiro atoms. The van der Waals surface area contributed by atoms with Crippen LogP contribution in [0.5, 0.6) is 0 Å². The molecular weight excluding hydrogens is 314 g/mol. The van der Waals surface area contributed by atoms with Crippen molar-refractivity contribution in [2.75, 3.05) is 26.2 Å². The fourth-order valence-electron chi connectivity index (χ4n) is 3.12. The van der Waals surface area contributed by atoms with Gasteiger partial charge in [0.1, 0.15) is 6.54 Å². The Kier molecular flexibility index (Phi) is 7.75. The van der Waals surface area contributed by atoms with Crippen LogP contribution in [0.25, 0.3) is 0 Å². The highest BCUT2D eigenvalue weighted by atomic mass is 16.5. The Morgan fingerprint density at radius 3 is 2.60 bits per heavy atom. The Bertz CT molecular complexity index is 530. The number of hydrogen-bond acceptors (Lipinski definition) is 4. The predicted octanol–water partition coefficient (Wildman–Crippen LogP) is 2.97. The van der Waals surface area contributed by atoms with E-state index in [1.54, 1.807) is 0 Å². The van der Waals surface area contributed by atoms with E-state index in [-0.39, 0.29) is 0 Å². The zero-order valence-electron chi connectivity index (χ0n) is 16.5. The van der Waals surface area contributed by atoms with E-state index in [0.29, 0.717) is 18.5 Å². The Hall–Kier alpha value is -1.56. The van der Waals surface area contributed by atoms with E-state index in [4.69, 9.17) is 4.52 Å². The van der Waals surface area contributed by atoms with Gasteiger partial charge in [-0.15, -0.1) is 0 Å². The third kappa shape index (κ3) is 6.69. The average molecular weight is 350 g/mol. The molecule has 2 heterocycles. The lowest BCUT2D eigenvalue weighted by molar-refractivity contribution is 0.187. The van der Waals surface area contributed by atoms with Crippen molar-refractivity contribution < 1.29 is 4.52 Å². The summed E-state index contributed by atoms with van der Waals surface area (Å²) in [6.45, 7) is 15.8. The fourth-order valence-corrected chi connectivity index (χ4v) is 3.12. The lowest BCUT2D eigenvalue weighted by atomic mass is 10.0. The quantitative estimate of drug-likeness (QED) is 0.585. The minimum Gasteiger partial charge on any atom is -0.359 e. The molecule has 1 aromatic rings. The molecule has 0 saturated carbocycles. The summed E-state index contributed by atoms with van der Waals surface area (Å²) < 4.78 is 5.38. The van der Waals surface area contributed by atoms with E-state index in [0.717, 1.165) is 55.8 Å². The molecule has 25 heavy (non-hydrogen) atoms. The molecule has 1 fully saturated rings. The highest BCUT2D eigenvalue weighted by Crippen LogP contribution is 2.15. The van der Waals surface area contributed by atoms with E-state index in [1.807, 2.05) is 6.07 Å². The van der Waals surface area contributed by atoms with Crippen LogP contribution in [0.15, 0.2) is 15.6 Å². The molecule has 0 aliphatic carbocycles. The van der Waals surface area contributed by atoms with Crippen molar-refractivity contribution in [3.8, 4) is 0 Å². The minimum absolute atomic E-state index is 0.379. The molecule has 6 heteroatoms. The first-order valence-corrected chi connectivity index (χ1v) is 9.70. The van der Waals surface area contributed by atoms with Crippen LogP contribution in [0.2, 0.25) is 0 Å². The first-order valence-electron chi connectivity index (χ1n) is 9.70. The standard InChI is InChI=1S/C19H35N5O/c1-6-20-19(21-12-17-11-18(15(4)5)23-25-17)22-16-7-9-24(10-8-16)13-14(2)3/h11,14-16H,6-10,12-13H2,1-5H3,(H2,20,21,22). The second-order valence-corrected chi connectivity index (χ2v) is 7.68. The molecule has 0 aromatic carbocycles. The van der Waals surface area contributed by atoms with Gasteiger partial charge in [0.2, 0.25) is 0 Å². The molecule has 0 unspecified atom stereocenters. The molecule has 0 radical (unpaired) electrons. The van der Waals surface area contributed by atoms with Crippen LogP contribution in [0.4, 0.5) is 0 Å². The number of piperidine rings is 1. The summed E-state index contributed by atoms with van der Waals surface area (Å²) in [6.07, 6.45) is 2.33. The van der Waals surface area contributed by atoms with Gasteiger partial charge in [0, 0.05) is 38.3 Å². The van der Waals surface area contributed by atoms with Crippen molar-refractivity contribution in [1.82, 2.24) is 20.7 Å². The smallest absolute Gasteiger partial charge is 0.191 e. The zero-order chi connectivity index (χ0) is 18.2. The molecule has 6 nitrogen and oxygen atoms in total. The van der Waals surface area contributed by atoms with Crippen molar-refractivity contribution in [2.45, 2.75) is 66.0 Å². The number of likely N-dealkylation sites (tertiary alicyclic amines) is 1. The summed E-state index contributed by atoms with van der Waals surface area (Å²) in [5, 5.41) is 11.0. The number of hydrogen-bond donors (Lipinski definition) is 2. The monoisotopic (exact) mass is 349 g/mol. The number of guanidine groups is 1. The highest BCUT2D eigenvalue weighted by Gasteiger charge is 2.20. The first-order chi connectivity index (χ1) is 12.0. The summed E-state index contributed by atoms with van der Waals surface area (Å²) in [7, 11) is 0. The van der Waals surface area contributed by atoms with Crippen LogP contribution in [0, 0.1) is 5.92 Å². The van der Waals surface area contributed by atoms with Gasteiger partial charge in [-0.05, 0) is 31.6 Å². The van der Waals surface area contributed by atoms with Gasteiger partial charge >= 0.3 is 0 Å². The summed E-state index contributed by atoms with van der Waals surface area (Å²) in [5.74, 6) is 2.80. The summed E-state index contributed by atoms with van der Waals surface area (Å²) in [5.41, 5.74) is 0.987. The van der Waals surface area contributed by atoms with E-state index in [9.17, 15) is 0 Å². The van der Waals surface area contributed by atoms with Crippen LogP contribution < -0.4 is 10.6 Å². The molecule has 142 valence electrons. The Morgan fingerprint density at radius 1 is 1.32 bits per heavy atom. The van der Waals surface area contributed by atoms with Crippen LogP contribution in [-0.2, 0) is 6.54 Å². The van der Waals surface area contributed by atoms with Gasteiger partial charge in [-0.3, -0.25) is 0 Å². The molecule has 0 atom stereocenters. The van der Waals surface area contributed by atoms with Crippen LogP contribution >= 0.6 is 0 Å². The van der Waals surface area contributed by atoms with Gasteiger partial charge in [0.05, 0.1) is 5.69 Å². The van der Waals surface area contributed by atoms with Gasteiger partial charge in [0.15, 0.2) is 11.7 Å². The minimum atomic E-state index is 0.379. The Balaban J connectivity index is 1.85. The molecule has 1 aliphatic rings. The molecule has 2 N–H and O–H groups in total. The van der Waals surface area contributed by atoms with Crippen molar-refractivity contribution in [1.29, 1.82) is 0 Å². The fraction of sp³-hybridized carbons (Fsp3) is 0.789. The van der Waals surface area contributed by atoms with Crippen molar-refractivity contribution in [2.24, 2.45) is 10.9 Å². The van der Waals surface area contributed by atoms with Gasteiger partial charge in [-0.1, -0.05) is 32.9 Å². The second-order valence-electron chi connectivity index (χ2n) is 7.68. The predicted molar refractivity (Wildman–Crippen MR) is 103 cm³/mol. The number of aliphatic imine (C=N–C) groups is 1. The third-order valence-corrected chi connectivity index (χ3v) is 4.46. The number of nitrogens with zero attached hydrogens (tertiary/aromatic N) is 3. The maximum atomic E-state index is 5.38. The summed E-state index contributed by atoms with van der Waals surface area (Å²) in [4.78, 5) is 7.23. The van der Waals surface area contributed by atoms with E-state index < -0.39 is 0 Å². The maximum Gasteiger partial charge on any atom is 0.191 e. The van der Waals surface area contributed by atoms with Crippen LogP contribution in [0.1, 0.15) is 64.8 Å². The maximum absolute atomic E-state index is 5.38. The van der Waals surface area contributed by atoms with Crippen LogP contribution in [0.3, 0.4) is 0 Å². The first kappa shape index (κ1) is 19.8. The average Bonchev–Trinajstić information content (AvgIpc) is 3.03. The largest absolute Gasteiger partial charge is 0.359 e. The SMILES string of the molecule is CCNC(=NCc1cc(C(C)C)no1)NC1CCN(CC(C)C)CC1.